The molecule has 1 saturated carbocycles. The number of hydrogen-bond acceptors (Lipinski definition) is 3. The summed E-state index contributed by atoms with van der Waals surface area (Å²) >= 11 is 0. The van der Waals surface area contributed by atoms with E-state index >= 15 is 0 Å². The van der Waals surface area contributed by atoms with E-state index in [-0.39, 0.29) is 6.10 Å². The van der Waals surface area contributed by atoms with Crippen molar-refractivity contribution in [1.82, 2.24) is 5.32 Å². The third-order valence-corrected chi connectivity index (χ3v) is 2.86. The lowest BCUT2D eigenvalue weighted by Crippen LogP contribution is -2.37. The van der Waals surface area contributed by atoms with Crippen molar-refractivity contribution in [3.05, 3.63) is 0 Å². The number of nitrogens with one attached hydrogen (secondary N) is 1. The summed E-state index contributed by atoms with van der Waals surface area (Å²) in [6.45, 7) is 4.77. The third kappa shape index (κ3) is 3.63. The molecular weight excluding hydrogens is 164 g/mol. The van der Waals surface area contributed by atoms with Crippen molar-refractivity contribution in [3.63, 3.8) is 0 Å². The molecule has 0 amide bonds. The van der Waals surface area contributed by atoms with E-state index in [9.17, 15) is 5.11 Å². The smallest absolute Gasteiger partial charge is 0.0687 e. The lowest BCUT2D eigenvalue weighted by molar-refractivity contribution is 0.120. The van der Waals surface area contributed by atoms with Crippen molar-refractivity contribution in [1.29, 1.82) is 0 Å². The van der Waals surface area contributed by atoms with E-state index in [4.69, 9.17) is 5.73 Å². The molecule has 1 aliphatic rings. The Morgan fingerprint density at radius 3 is 2.62 bits per heavy atom. The summed E-state index contributed by atoms with van der Waals surface area (Å²) < 4.78 is 0. The maximum Gasteiger partial charge on any atom is 0.0687 e. The van der Waals surface area contributed by atoms with Gasteiger partial charge in [0.15, 0.2) is 0 Å². The molecule has 4 N–H and O–H groups in total. The zero-order valence-electron chi connectivity index (χ0n) is 8.66. The first-order valence-electron chi connectivity index (χ1n) is 5.26. The molecule has 3 heteroatoms. The van der Waals surface area contributed by atoms with Gasteiger partial charge in [0.1, 0.15) is 0 Å². The van der Waals surface area contributed by atoms with Crippen LogP contribution < -0.4 is 11.1 Å². The van der Waals surface area contributed by atoms with Gasteiger partial charge in [0.25, 0.3) is 0 Å². The van der Waals surface area contributed by atoms with Crippen molar-refractivity contribution in [2.75, 3.05) is 6.54 Å². The van der Waals surface area contributed by atoms with E-state index in [1.807, 2.05) is 13.8 Å². The van der Waals surface area contributed by atoms with Gasteiger partial charge in [-0.2, -0.15) is 0 Å². The zero-order valence-corrected chi connectivity index (χ0v) is 8.66. The summed E-state index contributed by atoms with van der Waals surface area (Å²) in [5.41, 5.74) is 5.79. The molecule has 3 nitrogen and oxygen atoms in total. The van der Waals surface area contributed by atoms with Gasteiger partial charge in [-0.25, -0.2) is 0 Å². The summed E-state index contributed by atoms with van der Waals surface area (Å²) in [6.07, 6.45) is 3.11. The van der Waals surface area contributed by atoms with Gasteiger partial charge in [0.05, 0.1) is 6.10 Å². The van der Waals surface area contributed by atoms with Gasteiger partial charge in [-0.15, -0.1) is 0 Å². The molecule has 1 aliphatic carbocycles. The zero-order chi connectivity index (χ0) is 9.84. The highest BCUT2D eigenvalue weighted by Crippen LogP contribution is 2.17. The van der Waals surface area contributed by atoms with E-state index in [0.29, 0.717) is 24.5 Å². The number of aliphatic hydroxyl groups excluding tert-OH is 1. The van der Waals surface area contributed by atoms with Gasteiger partial charge < -0.3 is 16.2 Å². The summed E-state index contributed by atoms with van der Waals surface area (Å²) in [6, 6.07) is 0.900. The van der Waals surface area contributed by atoms with Gasteiger partial charge in [0, 0.05) is 18.6 Å². The minimum Gasteiger partial charge on any atom is -0.392 e. The molecule has 3 atom stereocenters. The molecule has 0 heterocycles. The van der Waals surface area contributed by atoms with Gasteiger partial charge in [0.2, 0.25) is 0 Å². The molecule has 0 aliphatic heterocycles. The number of hydrogen-bond donors (Lipinski definition) is 3. The molecule has 0 bridgehead atoms. The Hall–Kier alpha value is -0.120. The molecule has 0 aromatic heterocycles. The second-order valence-corrected chi connectivity index (χ2v) is 4.49. The molecule has 0 aromatic carbocycles. The molecule has 13 heavy (non-hydrogen) atoms. The van der Waals surface area contributed by atoms with Crippen LogP contribution in [0, 0.1) is 5.92 Å². The average Bonchev–Trinajstić information content (AvgIpc) is 2.47. The van der Waals surface area contributed by atoms with Crippen LogP contribution in [0.1, 0.15) is 33.1 Å². The Kier molecular flexibility index (Phi) is 4.16. The molecule has 78 valence electrons. The van der Waals surface area contributed by atoms with E-state index in [2.05, 4.69) is 5.32 Å². The minimum absolute atomic E-state index is 0.225. The van der Waals surface area contributed by atoms with Crippen molar-refractivity contribution in [2.24, 2.45) is 11.7 Å². The number of rotatable bonds is 4. The quantitative estimate of drug-likeness (QED) is 0.598. The van der Waals surface area contributed by atoms with Crippen molar-refractivity contribution >= 4 is 0 Å². The first-order valence-corrected chi connectivity index (χ1v) is 5.26. The van der Waals surface area contributed by atoms with E-state index in [1.165, 1.54) is 0 Å². The highest BCUT2D eigenvalue weighted by Gasteiger charge is 2.22. The van der Waals surface area contributed by atoms with Gasteiger partial charge >= 0.3 is 0 Å². The normalized spacial score (nSPS) is 31.2. The van der Waals surface area contributed by atoms with Crippen molar-refractivity contribution in [2.45, 2.75) is 51.3 Å². The Morgan fingerprint density at radius 1 is 1.46 bits per heavy atom. The fourth-order valence-corrected chi connectivity index (χ4v) is 1.72. The predicted octanol–water partition coefficient (Wildman–Crippen LogP) is 0.473. The molecule has 0 spiro atoms. The van der Waals surface area contributed by atoms with E-state index < -0.39 is 0 Å². The van der Waals surface area contributed by atoms with Crippen LogP contribution in [0.2, 0.25) is 0 Å². The first kappa shape index (κ1) is 11.0. The summed E-state index contributed by atoms with van der Waals surface area (Å²) in [4.78, 5) is 0. The van der Waals surface area contributed by atoms with Crippen LogP contribution in [-0.2, 0) is 0 Å². The molecule has 0 radical (unpaired) electrons. The summed E-state index contributed by atoms with van der Waals surface area (Å²) in [7, 11) is 0. The van der Waals surface area contributed by atoms with Crippen LogP contribution in [0.25, 0.3) is 0 Å². The highest BCUT2D eigenvalue weighted by molar-refractivity contribution is 4.83. The Labute approximate surface area is 80.7 Å². The van der Waals surface area contributed by atoms with Crippen LogP contribution >= 0.6 is 0 Å². The SMILES string of the molecule is CC(C)C(O)CNC1CCC(N)C1. The van der Waals surface area contributed by atoms with Crippen molar-refractivity contribution < 1.29 is 5.11 Å². The topological polar surface area (TPSA) is 58.3 Å². The standard InChI is InChI=1S/C10H22N2O/c1-7(2)10(13)6-12-9-4-3-8(11)5-9/h7-10,12-13H,3-6,11H2,1-2H3. The van der Waals surface area contributed by atoms with Crippen LogP contribution in [0.15, 0.2) is 0 Å². The van der Waals surface area contributed by atoms with Crippen LogP contribution in [0.4, 0.5) is 0 Å². The Bertz CT molecular complexity index is 150. The molecular formula is C10H22N2O. The molecule has 3 unspecified atom stereocenters. The monoisotopic (exact) mass is 186 g/mol. The number of aliphatic hydroxyl groups is 1. The lowest BCUT2D eigenvalue weighted by atomic mass is 10.1. The van der Waals surface area contributed by atoms with Crippen LogP contribution in [0.3, 0.4) is 0 Å². The maximum atomic E-state index is 9.56. The average molecular weight is 186 g/mol. The van der Waals surface area contributed by atoms with Crippen LogP contribution in [-0.4, -0.2) is 29.8 Å². The van der Waals surface area contributed by atoms with Gasteiger partial charge in [-0.3, -0.25) is 0 Å². The third-order valence-electron chi connectivity index (χ3n) is 2.86. The largest absolute Gasteiger partial charge is 0.392 e. The summed E-state index contributed by atoms with van der Waals surface area (Å²) in [5.74, 6) is 0.336. The highest BCUT2D eigenvalue weighted by atomic mass is 16.3. The fourth-order valence-electron chi connectivity index (χ4n) is 1.72. The van der Waals surface area contributed by atoms with Crippen molar-refractivity contribution in [3.8, 4) is 0 Å². The molecule has 1 fully saturated rings. The fraction of sp³-hybridized carbons (Fsp3) is 1.00. The molecule has 1 rings (SSSR count). The van der Waals surface area contributed by atoms with Gasteiger partial charge in [-0.05, 0) is 25.2 Å². The predicted molar refractivity (Wildman–Crippen MR) is 54.5 cm³/mol. The number of nitrogens with two attached hydrogens (primary N) is 1. The van der Waals surface area contributed by atoms with Gasteiger partial charge in [-0.1, -0.05) is 13.8 Å². The maximum absolute atomic E-state index is 9.56. The summed E-state index contributed by atoms with van der Waals surface area (Å²) in [5, 5.41) is 12.9. The van der Waals surface area contributed by atoms with Crippen LogP contribution in [0.5, 0.6) is 0 Å². The molecule has 0 saturated heterocycles. The Morgan fingerprint density at radius 2 is 2.15 bits per heavy atom. The van der Waals surface area contributed by atoms with E-state index in [0.717, 1.165) is 19.3 Å². The lowest BCUT2D eigenvalue weighted by Gasteiger charge is -2.18. The second-order valence-electron chi connectivity index (χ2n) is 4.49. The second kappa shape index (κ2) is 4.94. The minimum atomic E-state index is -0.225. The Balaban J connectivity index is 2.12. The van der Waals surface area contributed by atoms with E-state index in [1.54, 1.807) is 0 Å². The first-order chi connectivity index (χ1) is 6.09. The molecule has 0 aromatic rings.